The van der Waals surface area contributed by atoms with Gasteiger partial charge in [-0.3, -0.25) is 14.7 Å². The molecule has 0 unspecified atom stereocenters. The summed E-state index contributed by atoms with van der Waals surface area (Å²) in [4.78, 5) is 10.0. The lowest BCUT2D eigenvalue weighted by atomic mass is 10.3. The fraction of sp³-hybridized carbons (Fsp3) is 0.455. The van der Waals surface area contributed by atoms with Crippen molar-refractivity contribution in [1.82, 2.24) is 9.34 Å². The van der Waals surface area contributed by atoms with Gasteiger partial charge in [0.1, 0.15) is 5.75 Å². The molecule has 1 aromatic carbocycles. The molecule has 0 bridgehead atoms. The molecule has 0 aromatic heterocycles. The van der Waals surface area contributed by atoms with E-state index in [9.17, 15) is 14.7 Å². The highest BCUT2D eigenvalue weighted by molar-refractivity contribution is 7.58. The lowest BCUT2D eigenvalue weighted by molar-refractivity contribution is -0.384. The van der Waals surface area contributed by atoms with Crippen LogP contribution in [-0.4, -0.2) is 48.8 Å². The van der Waals surface area contributed by atoms with Gasteiger partial charge < -0.3 is 4.74 Å². The van der Waals surface area contributed by atoms with Gasteiger partial charge in [0.2, 0.25) is 0 Å². The first-order valence-corrected chi connectivity index (χ1v) is 7.39. The highest BCUT2D eigenvalue weighted by Gasteiger charge is 2.28. The Hall–Kier alpha value is -1.43. The van der Waals surface area contributed by atoms with Gasteiger partial charge in [0.05, 0.1) is 4.92 Å². The van der Waals surface area contributed by atoms with E-state index in [1.807, 2.05) is 0 Å². The molecule has 0 aliphatic carbocycles. The predicted octanol–water partition coefficient (Wildman–Crippen LogP) is 2.25. The molecule has 0 saturated carbocycles. The van der Waals surface area contributed by atoms with Crippen LogP contribution in [0.25, 0.3) is 0 Å². The van der Waals surface area contributed by atoms with Crippen LogP contribution in [0.1, 0.15) is 0 Å². The third-order valence-electron chi connectivity index (χ3n) is 2.70. The molecule has 0 radical (unpaired) electrons. The molecule has 0 atom stereocenters. The van der Waals surface area contributed by atoms with E-state index >= 15 is 0 Å². The zero-order valence-corrected chi connectivity index (χ0v) is 12.3. The Labute approximate surface area is 112 Å². The van der Waals surface area contributed by atoms with Crippen molar-refractivity contribution >= 4 is 13.1 Å². The van der Waals surface area contributed by atoms with Gasteiger partial charge in [0, 0.05) is 12.1 Å². The average molecular weight is 287 g/mol. The van der Waals surface area contributed by atoms with Gasteiger partial charge in [-0.05, 0) is 40.3 Å². The molecule has 0 spiro atoms. The predicted molar refractivity (Wildman–Crippen MR) is 73.6 cm³/mol. The van der Waals surface area contributed by atoms with Gasteiger partial charge in [-0.2, -0.15) is 0 Å². The number of ether oxygens (including phenoxy) is 1. The second-order valence-electron chi connectivity index (χ2n) is 4.38. The Morgan fingerprint density at radius 2 is 1.63 bits per heavy atom. The molecule has 0 heterocycles. The van der Waals surface area contributed by atoms with Crippen molar-refractivity contribution in [1.29, 1.82) is 0 Å². The highest BCUT2D eigenvalue weighted by Crippen LogP contribution is 2.49. The van der Waals surface area contributed by atoms with Gasteiger partial charge in [-0.15, -0.1) is 0 Å². The van der Waals surface area contributed by atoms with Crippen molar-refractivity contribution in [2.24, 2.45) is 0 Å². The summed E-state index contributed by atoms with van der Waals surface area (Å²) in [7, 11) is 4.14. The average Bonchev–Trinajstić information content (AvgIpc) is 2.35. The quantitative estimate of drug-likeness (QED) is 0.454. The van der Waals surface area contributed by atoms with Crippen molar-refractivity contribution in [2.75, 3.05) is 34.5 Å². The molecule has 19 heavy (non-hydrogen) atoms. The molecule has 1 rings (SSSR count). The van der Waals surface area contributed by atoms with Crippen molar-refractivity contribution < 1.29 is 14.2 Å². The summed E-state index contributed by atoms with van der Waals surface area (Å²) in [6.45, 7) is 0. The van der Waals surface area contributed by atoms with Gasteiger partial charge in [0.15, 0.2) is 6.35 Å². The molecule has 0 amide bonds. The van der Waals surface area contributed by atoms with Crippen LogP contribution in [0.5, 0.6) is 5.75 Å². The van der Waals surface area contributed by atoms with E-state index in [2.05, 4.69) is 0 Å². The summed E-state index contributed by atoms with van der Waals surface area (Å²) < 4.78 is 21.3. The Bertz CT molecular complexity index is 475. The lowest BCUT2D eigenvalue weighted by Gasteiger charge is -2.30. The van der Waals surface area contributed by atoms with Crippen LogP contribution in [0, 0.1) is 10.1 Å². The number of nitro groups is 1. The van der Waals surface area contributed by atoms with E-state index in [1.165, 1.54) is 24.3 Å². The van der Waals surface area contributed by atoms with Crippen molar-refractivity contribution in [3.8, 4) is 5.75 Å². The molecule has 0 N–H and O–H groups in total. The van der Waals surface area contributed by atoms with E-state index < -0.39 is 12.4 Å². The summed E-state index contributed by atoms with van der Waals surface area (Å²) in [5.74, 6) is 0.453. The summed E-state index contributed by atoms with van der Waals surface area (Å²) in [6.07, 6.45) is 0.0187. The second kappa shape index (κ2) is 6.14. The normalized spacial score (nSPS) is 11.9. The molecule has 1 aromatic rings. The van der Waals surface area contributed by atoms with Gasteiger partial charge in [-0.25, -0.2) is 9.34 Å². The maximum atomic E-state index is 12.6. The SMILES string of the molecule is CN(C)P(=O)(COc1ccc([N+](=O)[O-])cc1)N(C)C. The van der Waals surface area contributed by atoms with Gasteiger partial charge >= 0.3 is 0 Å². The van der Waals surface area contributed by atoms with E-state index in [0.29, 0.717) is 5.75 Å². The van der Waals surface area contributed by atoms with Crippen LogP contribution < -0.4 is 4.74 Å². The fourth-order valence-electron chi connectivity index (χ4n) is 1.41. The van der Waals surface area contributed by atoms with Crippen molar-refractivity contribution in [3.63, 3.8) is 0 Å². The number of hydrogen-bond acceptors (Lipinski definition) is 4. The molecule has 0 aliphatic heterocycles. The zero-order valence-electron chi connectivity index (χ0n) is 11.4. The monoisotopic (exact) mass is 287 g/mol. The van der Waals surface area contributed by atoms with Crippen LogP contribution >= 0.6 is 7.44 Å². The summed E-state index contributed by atoms with van der Waals surface area (Å²) >= 11 is 0. The Morgan fingerprint density at radius 1 is 1.16 bits per heavy atom. The molecule has 0 aliphatic rings. The number of nitro benzene ring substituents is 1. The Balaban J connectivity index is 2.75. The number of non-ortho nitro benzene ring substituents is 1. The third-order valence-corrected chi connectivity index (χ3v) is 5.66. The molecular weight excluding hydrogens is 269 g/mol. The van der Waals surface area contributed by atoms with Gasteiger partial charge in [0.25, 0.3) is 13.1 Å². The van der Waals surface area contributed by atoms with Crippen LogP contribution in [-0.2, 0) is 4.57 Å². The minimum atomic E-state index is -2.75. The van der Waals surface area contributed by atoms with Crippen LogP contribution in [0.4, 0.5) is 5.69 Å². The first kappa shape index (κ1) is 15.6. The van der Waals surface area contributed by atoms with E-state index in [1.54, 1.807) is 37.5 Å². The zero-order chi connectivity index (χ0) is 14.6. The molecule has 7 nitrogen and oxygen atoms in total. The topological polar surface area (TPSA) is 75.9 Å². The number of rotatable bonds is 6. The molecule has 8 heteroatoms. The van der Waals surface area contributed by atoms with E-state index in [4.69, 9.17) is 4.74 Å². The lowest BCUT2D eigenvalue weighted by Crippen LogP contribution is -2.25. The maximum absolute atomic E-state index is 12.6. The van der Waals surface area contributed by atoms with Gasteiger partial charge in [-0.1, -0.05) is 0 Å². The molecular formula is C11H18N3O4P. The first-order chi connectivity index (χ1) is 8.77. The Morgan fingerprint density at radius 3 is 2.00 bits per heavy atom. The highest BCUT2D eigenvalue weighted by atomic mass is 31.2. The number of nitrogens with zero attached hydrogens (tertiary/aromatic N) is 3. The number of benzene rings is 1. The maximum Gasteiger partial charge on any atom is 0.269 e. The van der Waals surface area contributed by atoms with Crippen molar-refractivity contribution in [3.05, 3.63) is 34.4 Å². The van der Waals surface area contributed by atoms with Crippen LogP contribution in [0.3, 0.4) is 0 Å². The molecule has 106 valence electrons. The molecule has 0 saturated heterocycles. The van der Waals surface area contributed by atoms with Crippen LogP contribution in [0.2, 0.25) is 0 Å². The summed E-state index contributed by atoms with van der Waals surface area (Å²) in [5, 5.41) is 10.5. The van der Waals surface area contributed by atoms with E-state index in [-0.39, 0.29) is 12.0 Å². The first-order valence-electron chi connectivity index (χ1n) is 5.59. The summed E-state index contributed by atoms with van der Waals surface area (Å²) in [5.41, 5.74) is -0.00393. The number of hydrogen-bond donors (Lipinski definition) is 0. The van der Waals surface area contributed by atoms with Crippen molar-refractivity contribution in [2.45, 2.75) is 0 Å². The van der Waals surface area contributed by atoms with E-state index in [0.717, 1.165) is 0 Å². The second-order valence-corrected chi connectivity index (χ2v) is 7.57. The smallest absolute Gasteiger partial charge is 0.269 e. The molecule has 0 fully saturated rings. The summed E-state index contributed by atoms with van der Waals surface area (Å²) in [6, 6.07) is 5.69. The largest absolute Gasteiger partial charge is 0.483 e. The minimum absolute atomic E-state index is 0.00393. The fourth-order valence-corrected chi connectivity index (χ4v) is 2.91. The third kappa shape index (κ3) is 3.76. The minimum Gasteiger partial charge on any atom is -0.483 e. The Kier molecular flexibility index (Phi) is 5.05. The standard InChI is InChI=1S/C11H18N3O4P/c1-12(2)19(17,13(3)4)9-18-11-7-5-10(6-8-11)14(15)16/h5-8H,9H2,1-4H3. The van der Waals surface area contributed by atoms with Crippen LogP contribution in [0.15, 0.2) is 24.3 Å².